The van der Waals surface area contributed by atoms with Gasteiger partial charge in [0.15, 0.2) is 0 Å². The lowest BCUT2D eigenvalue weighted by Gasteiger charge is -2.08. The first-order valence-electron chi connectivity index (χ1n) is 7.11. The fourth-order valence-electron chi connectivity index (χ4n) is 2.92. The number of halogens is 1. The summed E-state index contributed by atoms with van der Waals surface area (Å²) < 4.78 is 14.2. The summed E-state index contributed by atoms with van der Waals surface area (Å²) in [5.74, 6) is -0.417. The summed E-state index contributed by atoms with van der Waals surface area (Å²) in [6, 6.07) is 15.9. The van der Waals surface area contributed by atoms with Gasteiger partial charge in [0.1, 0.15) is 11.9 Å². The van der Waals surface area contributed by atoms with Gasteiger partial charge in [0.25, 0.3) is 0 Å². The molecule has 2 heterocycles. The average molecular weight is 299 g/mol. The zero-order chi connectivity index (χ0) is 15.8. The third kappa shape index (κ3) is 1.95. The van der Waals surface area contributed by atoms with E-state index in [1.165, 1.54) is 6.07 Å². The van der Waals surface area contributed by atoms with Gasteiger partial charge in [-0.1, -0.05) is 30.3 Å². The van der Waals surface area contributed by atoms with Crippen molar-refractivity contribution in [2.45, 2.75) is 0 Å². The van der Waals surface area contributed by atoms with Crippen LogP contribution < -0.4 is 0 Å². The smallest absolute Gasteiger partial charge is 0.131 e. The molecule has 4 rings (SSSR count). The molecule has 0 amide bonds. The minimum atomic E-state index is -0.417. The van der Waals surface area contributed by atoms with Gasteiger partial charge >= 0.3 is 0 Å². The second-order valence-electron chi connectivity index (χ2n) is 5.14. The molecule has 0 atom stereocenters. The summed E-state index contributed by atoms with van der Waals surface area (Å²) in [7, 11) is 0. The minimum Gasteiger partial charge on any atom is -0.254 e. The minimum absolute atomic E-state index is 0.288. The van der Waals surface area contributed by atoms with Crippen LogP contribution in [-0.2, 0) is 0 Å². The van der Waals surface area contributed by atoms with Crippen molar-refractivity contribution in [2.75, 3.05) is 0 Å². The van der Waals surface area contributed by atoms with Crippen LogP contribution in [-0.4, -0.2) is 9.97 Å². The van der Waals surface area contributed by atoms with Crippen molar-refractivity contribution in [1.82, 2.24) is 9.97 Å². The lowest BCUT2D eigenvalue weighted by atomic mass is 9.94. The van der Waals surface area contributed by atoms with E-state index in [1.54, 1.807) is 42.7 Å². The quantitative estimate of drug-likeness (QED) is 0.498. The Morgan fingerprint density at radius 3 is 2.04 bits per heavy atom. The van der Waals surface area contributed by atoms with Crippen LogP contribution in [0.15, 0.2) is 60.9 Å². The molecular formula is C19H10FN3. The molecule has 108 valence electrons. The van der Waals surface area contributed by atoms with E-state index >= 15 is 0 Å². The van der Waals surface area contributed by atoms with Crippen molar-refractivity contribution in [2.24, 2.45) is 0 Å². The number of benzene rings is 1. The first-order chi connectivity index (χ1) is 11.3. The van der Waals surface area contributed by atoms with Gasteiger partial charge in [0.05, 0.1) is 17.0 Å². The van der Waals surface area contributed by atoms with Gasteiger partial charge in [-0.3, -0.25) is 9.97 Å². The Kier molecular flexibility index (Phi) is 2.99. The number of aromatic nitrogens is 2. The van der Waals surface area contributed by atoms with Crippen LogP contribution in [0.4, 0.5) is 4.39 Å². The van der Waals surface area contributed by atoms with Gasteiger partial charge < -0.3 is 0 Å². The predicted octanol–water partition coefficient (Wildman–Crippen LogP) is 4.08. The van der Waals surface area contributed by atoms with Crippen molar-refractivity contribution >= 4 is 11.1 Å². The highest BCUT2D eigenvalue weighted by molar-refractivity contribution is 6.11. The maximum atomic E-state index is 14.2. The molecule has 3 aromatic rings. The molecule has 23 heavy (non-hydrogen) atoms. The van der Waals surface area contributed by atoms with Crippen molar-refractivity contribution < 1.29 is 4.39 Å². The van der Waals surface area contributed by atoms with Crippen LogP contribution in [0, 0.1) is 17.1 Å². The monoisotopic (exact) mass is 299 g/mol. The number of hydrogen-bond acceptors (Lipinski definition) is 3. The molecule has 0 unspecified atom stereocenters. The Morgan fingerprint density at radius 1 is 0.870 bits per heavy atom. The van der Waals surface area contributed by atoms with E-state index in [4.69, 9.17) is 0 Å². The molecular weight excluding hydrogens is 289 g/mol. The standard InChI is InChI=1S/C19H10FN3/c20-16-8-2-1-5-12(16)15(11-21)17-13-6-3-9-22-18(13)19-14(17)7-4-10-23-19/h1-10H. The van der Waals surface area contributed by atoms with E-state index in [0.29, 0.717) is 11.1 Å². The summed E-state index contributed by atoms with van der Waals surface area (Å²) in [6.07, 6.45) is 3.38. The highest BCUT2D eigenvalue weighted by Crippen LogP contribution is 2.45. The van der Waals surface area contributed by atoms with E-state index in [-0.39, 0.29) is 5.56 Å². The Bertz CT molecular complexity index is 952. The van der Waals surface area contributed by atoms with Crippen LogP contribution in [0.5, 0.6) is 0 Å². The first kappa shape index (κ1) is 13.4. The molecule has 0 radical (unpaired) electrons. The first-order valence-corrected chi connectivity index (χ1v) is 7.11. The van der Waals surface area contributed by atoms with Crippen molar-refractivity contribution in [3.05, 3.63) is 83.4 Å². The van der Waals surface area contributed by atoms with Gasteiger partial charge in [0.2, 0.25) is 0 Å². The Hall–Kier alpha value is -3.32. The molecule has 0 spiro atoms. The van der Waals surface area contributed by atoms with Crippen LogP contribution >= 0.6 is 0 Å². The molecule has 0 saturated heterocycles. The van der Waals surface area contributed by atoms with Gasteiger partial charge in [-0.2, -0.15) is 5.26 Å². The number of rotatable bonds is 1. The third-order valence-electron chi connectivity index (χ3n) is 3.88. The highest BCUT2D eigenvalue weighted by atomic mass is 19.1. The average Bonchev–Trinajstić information content (AvgIpc) is 2.92. The molecule has 0 fully saturated rings. The predicted molar refractivity (Wildman–Crippen MR) is 85.4 cm³/mol. The van der Waals surface area contributed by atoms with Crippen molar-refractivity contribution in [3.8, 4) is 17.5 Å². The number of fused-ring (bicyclic) bond motifs is 3. The molecule has 4 heteroatoms. The Labute approximate surface area is 132 Å². The number of pyridine rings is 2. The van der Waals surface area contributed by atoms with Crippen LogP contribution in [0.25, 0.3) is 22.5 Å². The zero-order valence-electron chi connectivity index (χ0n) is 12.0. The molecule has 1 aromatic carbocycles. The SMILES string of the molecule is N#CC(=C1c2cccnc2-c2ncccc21)c1ccccc1F. The van der Waals surface area contributed by atoms with E-state index in [9.17, 15) is 9.65 Å². The summed E-state index contributed by atoms with van der Waals surface area (Å²) in [5.41, 5.74) is 4.33. The molecule has 2 aromatic heterocycles. The highest BCUT2D eigenvalue weighted by Gasteiger charge is 2.29. The maximum Gasteiger partial charge on any atom is 0.131 e. The fourth-order valence-corrected chi connectivity index (χ4v) is 2.92. The molecule has 1 aliphatic carbocycles. The Balaban J connectivity index is 2.12. The number of nitrogens with zero attached hydrogens (tertiary/aromatic N) is 3. The van der Waals surface area contributed by atoms with E-state index < -0.39 is 5.82 Å². The summed E-state index contributed by atoms with van der Waals surface area (Å²) in [5, 5.41) is 9.70. The van der Waals surface area contributed by atoms with Gasteiger partial charge in [-0.25, -0.2) is 4.39 Å². The molecule has 0 bridgehead atoms. The fraction of sp³-hybridized carbons (Fsp3) is 0. The van der Waals surface area contributed by atoms with Gasteiger partial charge in [-0.15, -0.1) is 0 Å². The molecule has 1 aliphatic rings. The maximum absolute atomic E-state index is 14.2. The summed E-state index contributed by atoms with van der Waals surface area (Å²) >= 11 is 0. The largest absolute Gasteiger partial charge is 0.254 e. The van der Waals surface area contributed by atoms with E-state index in [1.807, 2.05) is 12.1 Å². The van der Waals surface area contributed by atoms with Crippen molar-refractivity contribution in [3.63, 3.8) is 0 Å². The summed E-state index contributed by atoms with van der Waals surface area (Å²) in [4.78, 5) is 8.77. The van der Waals surface area contributed by atoms with Gasteiger partial charge in [0, 0.05) is 34.7 Å². The summed E-state index contributed by atoms with van der Waals surface area (Å²) in [6.45, 7) is 0. The number of nitriles is 1. The van der Waals surface area contributed by atoms with Crippen LogP contribution in [0.1, 0.15) is 16.7 Å². The topological polar surface area (TPSA) is 49.6 Å². The molecule has 0 aliphatic heterocycles. The normalized spacial score (nSPS) is 11.6. The van der Waals surface area contributed by atoms with E-state index in [2.05, 4.69) is 16.0 Å². The zero-order valence-corrected chi connectivity index (χ0v) is 12.0. The molecule has 0 N–H and O–H groups in total. The molecule has 3 nitrogen and oxygen atoms in total. The van der Waals surface area contributed by atoms with Crippen molar-refractivity contribution in [1.29, 1.82) is 5.26 Å². The van der Waals surface area contributed by atoms with E-state index in [0.717, 1.165) is 22.5 Å². The molecule has 0 saturated carbocycles. The second kappa shape index (κ2) is 5.15. The van der Waals surface area contributed by atoms with Crippen LogP contribution in [0.3, 0.4) is 0 Å². The number of hydrogen-bond donors (Lipinski definition) is 0. The van der Waals surface area contributed by atoms with Crippen LogP contribution in [0.2, 0.25) is 0 Å². The van der Waals surface area contributed by atoms with Gasteiger partial charge in [-0.05, 0) is 18.2 Å². The lowest BCUT2D eigenvalue weighted by Crippen LogP contribution is -1.93. The Morgan fingerprint density at radius 2 is 1.48 bits per heavy atom. The number of allylic oxidation sites excluding steroid dienone is 1. The lowest BCUT2D eigenvalue weighted by molar-refractivity contribution is 0.624. The second-order valence-corrected chi connectivity index (χ2v) is 5.14. The third-order valence-corrected chi connectivity index (χ3v) is 3.88.